The Morgan fingerprint density at radius 3 is 2.37 bits per heavy atom. The van der Waals surface area contributed by atoms with Crippen LogP contribution in [-0.4, -0.2) is 31.1 Å². The van der Waals surface area contributed by atoms with Gasteiger partial charge in [0.05, 0.1) is 12.2 Å². The van der Waals surface area contributed by atoms with Gasteiger partial charge in [0.15, 0.2) is 0 Å². The summed E-state index contributed by atoms with van der Waals surface area (Å²) in [6.45, 7) is 3.49. The maximum Gasteiger partial charge on any atom is 0.258 e. The van der Waals surface area contributed by atoms with E-state index in [0.29, 0.717) is 25.3 Å². The van der Waals surface area contributed by atoms with Crippen molar-refractivity contribution < 1.29 is 14.3 Å². The van der Waals surface area contributed by atoms with E-state index >= 15 is 0 Å². The molecule has 1 unspecified atom stereocenters. The van der Waals surface area contributed by atoms with E-state index in [1.807, 2.05) is 90.7 Å². The fourth-order valence-electron chi connectivity index (χ4n) is 3.81. The second-order valence-corrected chi connectivity index (χ2v) is 7.49. The van der Waals surface area contributed by atoms with E-state index in [0.717, 1.165) is 22.6 Å². The zero-order valence-electron chi connectivity index (χ0n) is 17.3. The molecular weight excluding hydrogens is 376 g/mol. The number of nitrogens with zero attached hydrogens (tertiary/aromatic N) is 1. The minimum atomic E-state index is -0.693. The summed E-state index contributed by atoms with van der Waals surface area (Å²) in [4.78, 5) is 15.1. The van der Waals surface area contributed by atoms with Crippen LogP contribution < -0.4 is 10.1 Å². The molecule has 1 aliphatic rings. The third kappa shape index (κ3) is 3.89. The van der Waals surface area contributed by atoms with Gasteiger partial charge in [-0.2, -0.15) is 0 Å². The van der Waals surface area contributed by atoms with Gasteiger partial charge in [0.2, 0.25) is 0 Å². The first kappa shape index (κ1) is 20.0. The zero-order chi connectivity index (χ0) is 21.0. The molecule has 0 spiro atoms. The molecule has 5 heteroatoms. The lowest BCUT2D eigenvalue weighted by molar-refractivity contribution is 0.0438. The molecule has 0 bridgehead atoms. The molecule has 1 amide bonds. The first-order valence-electron chi connectivity index (χ1n) is 10.1. The van der Waals surface area contributed by atoms with Crippen molar-refractivity contribution in [1.82, 2.24) is 4.90 Å². The van der Waals surface area contributed by atoms with Crippen LogP contribution in [-0.2, 0) is 17.0 Å². The van der Waals surface area contributed by atoms with Crippen molar-refractivity contribution in [1.29, 1.82) is 0 Å². The van der Waals surface area contributed by atoms with Gasteiger partial charge in [-0.3, -0.25) is 4.79 Å². The molecule has 0 radical (unpaired) electrons. The standard InChI is InChI=1S/C25H26N2O3/c1-25(20-12-14-21(15-13-20)30-18-19-8-4-3-5-9-19)26-23-11-7-6-10-22(23)24(28)27(25)16-17-29-2/h3-15,26H,16-18H2,1-2H3. The molecule has 1 heterocycles. The Morgan fingerprint density at radius 1 is 0.933 bits per heavy atom. The number of anilines is 1. The van der Waals surface area contributed by atoms with E-state index < -0.39 is 5.66 Å². The summed E-state index contributed by atoms with van der Waals surface area (Å²) in [6.07, 6.45) is 0. The van der Waals surface area contributed by atoms with Crippen LogP contribution in [0.1, 0.15) is 28.4 Å². The van der Waals surface area contributed by atoms with Crippen LogP contribution in [0.15, 0.2) is 78.9 Å². The van der Waals surface area contributed by atoms with Crippen molar-refractivity contribution in [2.24, 2.45) is 0 Å². The molecule has 0 saturated carbocycles. The third-order valence-corrected chi connectivity index (χ3v) is 5.50. The number of ether oxygens (including phenoxy) is 2. The highest BCUT2D eigenvalue weighted by molar-refractivity contribution is 6.02. The Hall–Kier alpha value is -3.31. The predicted molar refractivity (Wildman–Crippen MR) is 118 cm³/mol. The monoisotopic (exact) mass is 402 g/mol. The number of fused-ring (bicyclic) bond motifs is 1. The summed E-state index contributed by atoms with van der Waals surface area (Å²) in [5.74, 6) is 0.783. The van der Waals surface area contributed by atoms with Crippen LogP contribution in [0.5, 0.6) is 5.75 Å². The second-order valence-electron chi connectivity index (χ2n) is 7.49. The quantitative estimate of drug-likeness (QED) is 0.625. The number of carbonyl (C=O) groups excluding carboxylic acids is 1. The molecule has 1 aliphatic heterocycles. The molecule has 0 saturated heterocycles. The Morgan fingerprint density at radius 2 is 1.63 bits per heavy atom. The van der Waals surface area contributed by atoms with Crippen LogP contribution in [0.4, 0.5) is 5.69 Å². The van der Waals surface area contributed by atoms with Gasteiger partial charge in [-0.1, -0.05) is 54.6 Å². The average Bonchev–Trinajstić information content (AvgIpc) is 2.78. The maximum atomic E-state index is 13.2. The molecule has 1 atom stereocenters. The lowest BCUT2D eigenvalue weighted by atomic mass is 9.93. The Labute approximate surface area is 177 Å². The third-order valence-electron chi connectivity index (χ3n) is 5.50. The molecule has 30 heavy (non-hydrogen) atoms. The Kier molecular flexibility index (Phi) is 5.72. The Bertz CT molecular complexity index is 1000. The van der Waals surface area contributed by atoms with Crippen molar-refractivity contribution in [3.8, 4) is 5.75 Å². The number of methoxy groups -OCH3 is 1. The summed E-state index contributed by atoms with van der Waals surface area (Å²) in [7, 11) is 1.64. The molecule has 4 rings (SSSR count). The van der Waals surface area contributed by atoms with Crippen molar-refractivity contribution in [3.63, 3.8) is 0 Å². The first-order chi connectivity index (χ1) is 14.6. The Balaban J connectivity index is 1.59. The van der Waals surface area contributed by atoms with Gasteiger partial charge in [0.1, 0.15) is 18.0 Å². The smallest absolute Gasteiger partial charge is 0.258 e. The minimum Gasteiger partial charge on any atom is -0.489 e. The topological polar surface area (TPSA) is 50.8 Å². The summed E-state index contributed by atoms with van der Waals surface area (Å²) in [5.41, 5.74) is 2.92. The number of hydrogen-bond acceptors (Lipinski definition) is 4. The van der Waals surface area contributed by atoms with E-state index in [2.05, 4.69) is 5.32 Å². The molecular formula is C25H26N2O3. The number of nitrogens with one attached hydrogen (secondary N) is 1. The van der Waals surface area contributed by atoms with Gasteiger partial charge in [0, 0.05) is 19.3 Å². The fourth-order valence-corrected chi connectivity index (χ4v) is 3.81. The van der Waals surface area contributed by atoms with E-state index in [4.69, 9.17) is 9.47 Å². The first-order valence-corrected chi connectivity index (χ1v) is 10.1. The molecule has 0 aliphatic carbocycles. The van der Waals surface area contributed by atoms with Gasteiger partial charge in [0.25, 0.3) is 5.91 Å². The van der Waals surface area contributed by atoms with Gasteiger partial charge < -0.3 is 19.7 Å². The molecule has 5 nitrogen and oxygen atoms in total. The predicted octanol–water partition coefficient (Wildman–Crippen LogP) is 4.65. The average molecular weight is 402 g/mol. The highest BCUT2D eigenvalue weighted by Gasteiger charge is 2.42. The number of para-hydroxylation sites is 1. The van der Waals surface area contributed by atoms with Crippen molar-refractivity contribution in [2.45, 2.75) is 19.2 Å². The van der Waals surface area contributed by atoms with Crippen LogP contribution in [0.3, 0.4) is 0 Å². The second kappa shape index (κ2) is 8.59. The summed E-state index contributed by atoms with van der Waals surface area (Å²) in [6, 6.07) is 25.6. The summed E-state index contributed by atoms with van der Waals surface area (Å²) in [5, 5.41) is 3.57. The van der Waals surface area contributed by atoms with Crippen LogP contribution >= 0.6 is 0 Å². The fraction of sp³-hybridized carbons (Fsp3) is 0.240. The van der Waals surface area contributed by atoms with E-state index in [9.17, 15) is 4.79 Å². The van der Waals surface area contributed by atoms with E-state index in [-0.39, 0.29) is 5.91 Å². The van der Waals surface area contributed by atoms with Gasteiger partial charge in [-0.15, -0.1) is 0 Å². The summed E-state index contributed by atoms with van der Waals surface area (Å²) >= 11 is 0. The normalized spacial score (nSPS) is 17.9. The van der Waals surface area contributed by atoms with Gasteiger partial charge in [-0.25, -0.2) is 0 Å². The number of benzene rings is 3. The number of carbonyl (C=O) groups is 1. The van der Waals surface area contributed by atoms with Crippen LogP contribution in [0.2, 0.25) is 0 Å². The highest BCUT2D eigenvalue weighted by Crippen LogP contribution is 2.38. The number of hydrogen-bond donors (Lipinski definition) is 1. The van der Waals surface area contributed by atoms with Gasteiger partial charge in [-0.05, 0) is 42.3 Å². The van der Waals surface area contributed by atoms with Crippen molar-refractivity contribution in [2.75, 3.05) is 25.6 Å². The minimum absolute atomic E-state index is 0.00620. The van der Waals surface area contributed by atoms with E-state index in [1.165, 1.54) is 0 Å². The number of amides is 1. The van der Waals surface area contributed by atoms with Crippen LogP contribution in [0, 0.1) is 0 Å². The molecule has 0 aromatic heterocycles. The molecule has 1 N–H and O–H groups in total. The van der Waals surface area contributed by atoms with Crippen molar-refractivity contribution in [3.05, 3.63) is 95.6 Å². The maximum absolute atomic E-state index is 13.2. The number of rotatable bonds is 7. The lowest BCUT2D eigenvalue weighted by Crippen LogP contribution is -2.56. The summed E-state index contributed by atoms with van der Waals surface area (Å²) < 4.78 is 11.2. The molecule has 3 aromatic carbocycles. The zero-order valence-corrected chi connectivity index (χ0v) is 17.3. The van der Waals surface area contributed by atoms with E-state index in [1.54, 1.807) is 7.11 Å². The lowest BCUT2D eigenvalue weighted by Gasteiger charge is -2.46. The van der Waals surface area contributed by atoms with Crippen molar-refractivity contribution >= 4 is 11.6 Å². The molecule has 3 aromatic rings. The SMILES string of the molecule is COCCN1C(=O)c2ccccc2NC1(C)c1ccc(OCc2ccccc2)cc1. The molecule has 0 fully saturated rings. The largest absolute Gasteiger partial charge is 0.489 e. The van der Waals surface area contributed by atoms with Gasteiger partial charge >= 0.3 is 0 Å². The van der Waals surface area contributed by atoms with Crippen LogP contribution in [0.25, 0.3) is 0 Å². The highest BCUT2D eigenvalue weighted by atomic mass is 16.5. The molecule has 154 valence electrons.